The molecule has 2 rings (SSSR count). The summed E-state index contributed by atoms with van der Waals surface area (Å²) in [4.78, 5) is 23.7. The standard InChI is InChI=1S/C18H19FN2O3/c1-18(2,3)24-17(23)21-15-10-8-14(9-11-15)20-16(22)12-4-6-13(19)7-5-12/h4-11H,1-3H3,(H,20,22)(H,21,23). The molecule has 6 heteroatoms. The Labute approximate surface area is 139 Å². The SMILES string of the molecule is CC(C)(C)OC(=O)Nc1ccc(NC(=O)c2ccc(F)cc2)cc1. The Morgan fingerprint density at radius 1 is 0.875 bits per heavy atom. The van der Waals surface area contributed by atoms with Gasteiger partial charge < -0.3 is 10.1 Å². The minimum absolute atomic E-state index is 0.345. The summed E-state index contributed by atoms with van der Waals surface area (Å²) in [6.07, 6.45) is -0.550. The van der Waals surface area contributed by atoms with Gasteiger partial charge in [0, 0.05) is 16.9 Å². The quantitative estimate of drug-likeness (QED) is 0.875. The molecular weight excluding hydrogens is 311 g/mol. The lowest BCUT2D eigenvalue weighted by molar-refractivity contribution is 0.0635. The fourth-order valence-corrected chi connectivity index (χ4v) is 1.86. The molecule has 0 aromatic heterocycles. The van der Waals surface area contributed by atoms with Crippen molar-refractivity contribution < 1.29 is 18.7 Å². The molecule has 0 saturated carbocycles. The Balaban J connectivity index is 1.95. The van der Waals surface area contributed by atoms with Gasteiger partial charge in [0.25, 0.3) is 5.91 Å². The number of carbonyl (C=O) groups excluding carboxylic acids is 2. The molecule has 0 saturated heterocycles. The van der Waals surface area contributed by atoms with E-state index in [1.165, 1.54) is 24.3 Å². The predicted octanol–water partition coefficient (Wildman–Crippen LogP) is 4.43. The molecular formula is C18H19FN2O3. The van der Waals surface area contributed by atoms with Gasteiger partial charge in [0.05, 0.1) is 0 Å². The summed E-state index contributed by atoms with van der Waals surface area (Å²) >= 11 is 0. The highest BCUT2D eigenvalue weighted by Crippen LogP contribution is 2.16. The van der Waals surface area contributed by atoms with Crippen molar-refractivity contribution >= 4 is 23.4 Å². The molecule has 126 valence electrons. The van der Waals surface area contributed by atoms with E-state index in [1.807, 2.05) is 0 Å². The number of ether oxygens (including phenoxy) is 1. The number of amides is 2. The zero-order valence-electron chi connectivity index (χ0n) is 13.7. The van der Waals surface area contributed by atoms with Crippen molar-refractivity contribution in [3.63, 3.8) is 0 Å². The van der Waals surface area contributed by atoms with Crippen LogP contribution in [0.4, 0.5) is 20.6 Å². The second-order valence-electron chi connectivity index (χ2n) is 6.17. The zero-order valence-corrected chi connectivity index (χ0v) is 13.7. The number of benzene rings is 2. The minimum atomic E-state index is -0.576. The lowest BCUT2D eigenvalue weighted by Gasteiger charge is -2.19. The molecule has 0 aliphatic rings. The molecule has 0 fully saturated rings. The van der Waals surface area contributed by atoms with Crippen molar-refractivity contribution in [1.82, 2.24) is 0 Å². The molecule has 0 bridgehead atoms. The smallest absolute Gasteiger partial charge is 0.412 e. The molecule has 2 N–H and O–H groups in total. The maximum absolute atomic E-state index is 12.9. The van der Waals surface area contributed by atoms with E-state index in [2.05, 4.69) is 10.6 Å². The zero-order chi connectivity index (χ0) is 17.7. The largest absolute Gasteiger partial charge is 0.444 e. The van der Waals surface area contributed by atoms with Crippen LogP contribution in [0.5, 0.6) is 0 Å². The molecule has 5 nitrogen and oxygen atoms in total. The van der Waals surface area contributed by atoms with Crippen LogP contribution in [-0.2, 0) is 4.74 Å². The first kappa shape index (κ1) is 17.5. The summed E-state index contributed by atoms with van der Waals surface area (Å²) in [6.45, 7) is 5.34. The molecule has 0 atom stereocenters. The first-order valence-electron chi connectivity index (χ1n) is 7.40. The molecule has 0 aliphatic carbocycles. The van der Waals surface area contributed by atoms with Crippen LogP contribution in [0.2, 0.25) is 0 Å². The van der Waals surface area contributed by atoms with Crippen LogP contribution in [0, 0.1) is 5.82 Å². The van der Waals surface area contributed by atoms with E-state index in [9.17, 15) is 14.0 Å². The number of hydrogen-bond donors (Lipinski definition) is 2. The number of rotatable bonds is 3. The highest BCUT2D eigenvalue weighted by Gasteiger charge is 2.16. The summed E-state index contributed by atoms with van der Waals surface area (Å²) in [7, 11) is 0. The van der Waals surface area contributed by atoms with Gasteiger partial charge in [-0.3, -0.25) is 10.1 Å². The van der Waals surface area contributed by atoms with Gasteiger partial charge in [0.2, 0.25) is 0 Å². The van der Waals surface area contributed by atoms with Gasteiger partial charge in [-0.1, -0.05) is 0 Å². The van der Waals surface area contributed by atoms with Crippen LogP contribution in [-0.4, -0.2) is 17.6 Å². The molecule has 24 heavy (non-hydrogen) atoms. The first-order valence-corrected chi connectivity index (χ1v) is 7.40. The van der Waals surface area contributed by atoms with Crippen LogP contribution in [0.1, 0.15) is 31.1 Å². The molecule has 0 heterocycles. The highest BCUT2D eigenvalue weighted by atomic mass is 19.1. The lowest BCUT2D eigenvalue weighted by atomic mass is 10.2. The van der Waals surface area contributed by atoms with Gasteiger partial charge in [0.15, 0.2) is 0 Å². The van der Waals surface area contributed by atoms with Crippen LogP contribution >= 0.6 is 0 Å². The Kier molecular flexibility index (Phi) is 5.18. The van der Waals surface area contributed by atoms with Crippen LogP contribution in [0.15, 0.2) is 48.5 Å². The average molecular weight is 330 g/mol. The van der Waals surface area contributed by atoms with Crippen molar-refractivity contribution in [1.29, 1.82) is 0 Å². The third-order valence-corrected chi connectivity index (χ3v) is 2.89. The van der Waals surface area contributed by atoms with Gasteiger partial charge >= 0.3 is 6.09 Å². The molecule has 2 amide bonds. The molecule has 0 radical (unpaired) electrons. The Hall–Kier alpha value is -2.89. The van der Waals surface area contributed by atoms with Gasteiger partial charge in [-0.05, 0) is 69.3 Å². The van der Waals surface area contributed by atoms with E-state index in [-0.39, 0.29) is 5.91 Å². The second kappa shape index (κ2) is 7.12. The van der Waals surface area contributed by atoms with Gasteiger partial charge in [0.1, 0.15) is 11.4 Å². The van der Waals surface area contributed by atoms with Crippen LogP contribution in [0.3, 0.4) is 0 Å². The highest BCUT2D eigenvalue weighted by molar-refractivity contribution is 6.04. The minimum Gasteiger partial charge on any atom is -0.444 e. The molecule has 2 aromatic rings. The predicted molar refractivity (Wildman–Crippen MR) is 90.7 cm³/mol. The summed E-state index contributed by atoms with van der Waals surface area (Å²) < 4.78 is 18.0. The summed E-state index contributed by atoms with van der Waals surface area (Å²) in [5.41, 5.74) is 0.878. The van der Waals surface area contributed by atoms with E-state index >= 15 is 0 Å². The topological polar surface area (TPSA) is 67.4 Å². The number of halogens is 1. The van der Waals surface area contributed by atoms with Crippen molar-refractivity contribution in [2.45, 2.75) is 26.4 Å². The van der Waals surface area contributed by atoms with Crippen molar-refractivity contribution in [2.24, 2.45) is 0 Å². The monoisotopic (exact) mass is 330 g/mol. The molecule has 0 unspecified atom stereocenters. The number of hydrogen-bond acceptors (Lipinski definition) is 3. The maximum Gasteiger partial charge on any atom is 0.412 e. The van der Waals surface area contributed by atoms with E-state index in [1.54, 1.807) is 45.0 Å². The van der Waals surface area contributed by atoms with E-state index < -0.39 is 17.5 Å². The summed E-state index contributed by atoms with van der Waals surface area (Å²) in [6, 6.07) is 11.8. The Bertz CT molecular complexity index is 719. The van der Waals surface area contributed by atoms with Crippen LogP contribution in [0.25, 0.3) is 0 Å². The fraction of sp³-hybridized carbons (Fsp3) is 0.222. The van der Waals surface area contributed by atoms with Gasteiger partial charge in [-0.2, -0.15) is 0 Å². The Morgan fingerprint density at radius 2 is 1.38 bits per heavy atom. The third kappa shape index (κ3) is 5.39. The normalized spacial score (nSPS) is 10.8. The van der Waals surface area contributed by atoms with Gasteiger partial charge in [-0.25, -0.2) is 9.18 Å². The second-order valence-corrected chi connectivity index (χ2v) is 6.17. The van der Waals surface area contributed by atoms with E-state index in [0.29, 0.717) is 16.9 Å². The molecule has 0 aliphatic heterocycles. The Morgan fingerprint density at radius 3 is 1.88 bits per heavy atom. The van der Waals surface area contributed by atoms with Crippen LogP contribution < -0.4 is 10.6 Å². The van der Waals surface area contributed by atoms with Crippen molar-refractivity contribution in [2.75, 3.05) is 10.6 Å². The van der Waals surface area contributed by atoms with Crippen molar-refractivity contribution in [3.8, 4) is 0 Å². The molecule has 2 aromatic carbocycles. The van der Waals surface area contributed by atoms with Crippen molar-refractivity contribution in [3.05, 3.63) is 59.9 Å². The third-order valence-electron chi connectivity index (χ3n) is 2.89. The average Bonchev–Trinajstić information content (AvgIpc) is 2.48. The maximum atomic E-state index is 12.9. The number of carbonyl (C=O) groups is 2. The number of anilines is 2. The van der Waals surface area contributed by atoms with E-state index in [0.717, 1.165) is 0 Å². The first-order chi connectivity index (χ1) is 11.2. The summed E-state index contributed by atoms with van der Waals surface area (Å²) in [5, 5.41) is 5.29. The fourth-order valence-electron chi connectivity index (χ4n) is 1.86. The summed E-state index contributed by atoms with van der Waals surface area (Å²) in [5.74, 6) is -0.744. The number of nitrogens with one attached hydrogen (secondary N) is 2. The van der Waals surface area contributed by atoms with E-state index in [4.69, 9.17) is 4.74 Å². The van der Waals surface area contributed by atoms with Gasteiger partial charge in [-0.15, -0.1) is 0 Å². The molecule has 0 spiro atoms. The lowest BCUT2D eigenvalue weighted by Crippen LogP contribution is -2.27.